The minimum absolute atomic E-state index is 0.172. The molecule has 0 aliphatic rings. The summed E-state index contributed by atoms with van der Waals surface area (Å²) in [6, 6.07) is 10.4. The number of rotatable bonds is 4. The van der Waals surface area contributed by atoms with Crippen molar-refractivity contribution in [3.63, 3.8) is 0 Å². The average molecular weight is 343 g/mol. The van der Waals surface area contributed by atoms with Crippen LogP contribution < -0.4 is 11.1 Å². The molecular formula is C18H15ClN2O3. The molecule has 2 amide bonds. The first-order valence-electron chi connectivity index (χ1n) is 7.30. The van der Waals surface area contributed by atoms with Crippen LogP contribution in [0.3, 0.4) is 0 Å². The molecule has 0 saturated heterocycles. The topological polar surface area (TPSA) is 85.3 Å². The number of aryl methyl sites for hydroxylation is 1. The highest BCUT2D eigenvalue weighted by Gasteiger charge is 2.12. The van der Waals surface area contributed by atoms with Crippen molar-refractivity contribution in [2.75, 3.05) is 5.32 Å². The van der Waals surface area contributed by atoms with E-state index in [4.69, 9.17) is 21.8 Å². The number of nitrogens with two attached hydrogens (primary N) is 1. The van der Waals surface area contributed by atoms with Gasteiger partial charge in [-0.3, -0.25) is 9.59 Å². The zero-order chi connectivity index (χ0) is 17.3. The summed E-state index contributed by atoms with van der Waals surface area (Å²) >= 11 is 5.98. The fourth-order valence-corrected chi connectivity index (χ4v) is 2.77. The van der Waals surface area contributed by atoms with Crippen molar-refractivity contribution in [1.29, 1.82) is 0 Å². The largest absolute Gasteiger partial charge is 0.464 e. The van der Waals surface area contributed by atoms with E-state index in [0.29, 0.717) is 5.69 Å². The van der Waals surface area contributed by atoms with Gasteiger partial charge in [0.05, 0.1) is 23.3 Å². The summed E-state index contributed by atoms with van der Waals surface area (Å²) in [6.07, 6.45) is 1.76. The molecule has 3 N–H and O–H groups in total. The molecule has 0 aliphatic heterocycles. The van der Waals surface area contributed by atoms with Crippen LogP contribution in [0.25, 0.3) is 11.0 Å². The zero-order valence-corrected chi connectivity index (χ0v) is 13.7. The van der Waals surface area contributed by atoms with Crippen molar-refractivity contribution in [1.82, 2.24) is 0 Å². The van der Waals surface area contributed by atoms with Crippen molar-refractivity contribution in [3.05, 3.63) is 64.4 Å². The minimum Gasteiger partial charge on any atom is -0.464 e. The molecule has 0 radical (unpaired) electrons. The number of hydrogen-bond donors (Lipinski definition) is 2. The summed E-state index contributed by atoms with van der Waals surface area (Å²) in [5.41, 5.74) is 8.57. The van der Waals surface area contributed by atoms with Crippen LogP contribution in [0.2, 0.25) is 5.02 Å². The monoisotopic (exact) mass is 342 g/mol. The normalized spacial score (nSPS) is 10.8. The third-order valence-electron chi connectivity index (χ3n) is 3.68. The second-order valence-corrected chi connectivity index (χ2v) is 5.95. The molecule has 24 heavy (non-hydrogen) atoms. The summed E-state index contributed by atoms with van der Waals surface area (Å²) in [4.78, 5) is 23.4. The van der Waals surface area contributed by atoms with Crippen LogP contribution in [-0.4, -0.2) is 11.8 Å². The number of furan rings is 1. The van der Waals surface area contributed by atoms with Gasteiger partial charge < -0.3 is 15.5 Å². The summed E-state index contributed by atoms with van der Waals surface area (Å²) in [6.45, 7) is 1.98. The lowest BCUT2D eigenvalue weighted by molar-refractivity contribution is -0.115. The summed E-state index contributed by atoms with van der Waals surface area (Å²) in [7, 11) is 0. The molecule has 3 aromatic rings. The number of nitrogens with one attached hydrogen (secondary N) is 1. The van der Waals surface area contributed by atoms with E-state index in [-0.39, 0.29) is 22.9 Å². The van der Waals surface area contributed by atoms with E-state index in [9.17, 15) is 9.59 Å². The van der Waals surface area contributed by atoms with Gasteiger partial charge in [0.15, 0.2) is 0 Å². The molecule has 2 aromatic carbocycles. The third kappa shape index (κ3) is 3.26. The van der Waals surface area contributed by atoms with Gasteiger partial charge in [0.25, 0.3) is 0 Å². The highest BCUT2D eigenvalue weighted by Crippen LogP contribution is 2.24. The van der Waals surface area contributed by atoms with Crippen LogP contribution in [0, 0.1) is 6.92 Å². The van der Waals surface area contributed by atoms with Crippen molar-refractivity contribution in [3.8, 4) is 0 Å². The number of carbonyl (C=O) groups is 2. The van der Waals surface area contributed by atoms with Gasteiger partial charge in [-0.15, -0.1) is 0 Å². The number of benzene rings is 2. The van der Waals surface area contributed by atoms with Crippen LogP contribution >= 0.6 is 11.6 Å². The second-order valence-electron chi connectivity index (χ2n) is 5.54. The summed E-state index contributed by atoms with van der Waals surface area (Å²) < 4.78 is 5.49. The second kappa shape index (κ2) is 6.37. The zero-order valence-electron chi connectivity index (χ0n) is 12.9. The number of anilines is 1. The van der Waals surface area contributed by atoms with Gasteiger partial charge in [0, 0.05) is 16.6 Å². The molecular weight excluding hydrogens is 328 g/mol. The van der Waals surface area contributed by atoms with Gasteiger partial charge >= 0.3 is 0 Å². The van der Waals surface area contributed by atoms with Crippen LogP contribution in [-0.2, 0) is 11.2 Å². The molecule has 1 heterocycles. The molecule has 5 nitrogen and oxygen atoms in total. The standard InChI is InChI=1S/C18H15ClN2O3/c1-10-2-4-13-11(9-24-16(13)6-10)7-17(22)21-12-3-5-14(18(20)23)15(19)8-12/h2-6,8-9H,7H2,1H3,(H2,20,23)(H,21,22). The van der Waals surface area contributed by atoms with Crippen molar-refractivity contribution >= 4 is 40.1 Å². The summed E-state index contributed by atoms with van der Waals surface area (Å²) in [5.74, 6) is -0.820. The van der Waals surface area contributed by atoms with Crippen molar-refractivity contribution in [2.45, 2.75) is 13.3 Å². The Balaban J connectivity index is 1.75. The lowest BCUT2D eigenvalue weighted by Crippen LogP contribution is -2.15. The molecule has 3 rings (SSSR count). The van der Waals surface area contributed by atoms with Crippen molar-refractivity contribution < 1.29 is 14.0 Å². The molecule has 0 atom stereocenters. The van der Waals surface area contributed by atoms with Crippen LogP contribution in [0.5, 0.6) is 0 Å². The molecule has 6 heteroatoms. The van der Waals surface area contributed by atoms with E-state index in [1.807, 2.05) is 25.1 Å². The number of hydrogen-bond acceptors (Lipinski definition) is 3. The Labute approximate surface area is 143 Å². The maximum absolute atomic E-state index is 12.2. The minimum atomic E-state index is -0.613. The SMILES string of the molecule is Cc1ccc2c(CC(=O)Nc3ccc(C(N)=O)c(Cl)c3)coc2c1. The van der Waals surface area contributed by atoms with Crippen LogP contribution in [0.1, 0.15) is 21.5 Å². The summed E-state index contributed by atoms with van der Waals surface area (Å²) in [5, 5.41) is 3.86. The predicted molar refractivity (Wildman–Crippen MR) is 93.3 cm³/mol. The van der Waals surface area contributed by atoms with Crippen molar-refractivity contribution in [2.24, 2.45) is 5.73 Å². The first-order valence-corrected chi connectivity index (χ1v) is 7.68. The third-order valence-corrected chi connectivity index (χ3v) is 3.99. The maximum Gasteiger partial charge on any atom is 0.250 e. The molecule has 0 spiro atoms. The average Bonchev–Trinajstić information content (AvgIpc) is 2.88. The van der Waals surface area contributed by atoms with Crippen LogP contribution in [0.4, 0.5) is 5.69 Å². The smallest absolute Gasteiger partial charge is 0.250 e. The number of primary amides is 1. The molecule has 122 valence electrons. The number of fused-ring (bicyclic) bond motifs is 1. The Kier molecular flexibility index (Phi) is 4.27. The first kappa shape index (κ1) is 16.1. The van der Waals surface area contributed by atoms with E-state index in [0.717, 1.165) is 22.1 Å². The molecule has 0 fully saturated rings. The molecule has 0 bridgehead atoms. The molecule has 0 unspecified atom stereocenters. The van der Waals surface area contributed by atoms with Gasteiger partial charge in [0.1, 0.15) is 5.58 Å². The highest BCUT2D eigenvalue weighted by atomic mass is 35.5. The Hall–Kier alpha value is -2.79. The van der Waals surface area contributed by atoms with E-state index >= 15 is 0 Å². The number of amides is 2. The number of carbonyl (C=O) groups excluding carboxylic acids is 2. The lowest BCUT2D eigenvalue weighted by atomic mass is 10.1. The molecule has 0 aliphatic carbocycles. The maximum atomic E-state index is 12.2. The fraction of sp³-hybridized carbons (Fsp3) is 0.111. The number of halogens is 1. The van der Waals surface area contributed by atoms with Gasteiger partial charge in [-0.1, -0.05) is 23.7 Å². The Morgan fingerprint density at radius 3 is 2.71 bits per heavy atom. The quantitative estimate of drug-likeness (QED) is 0.758. The fourth-order valence-electron chi connectivity index (χ4n) is 2.50. The van der Waals surface area contributed by atoms with Gasteiger partial charge in [-0.2, -0.15) is 0 Å². The van der Waals surface area contributed by atoms with E-state index < -0.39 is 5.91 Å². The van der Waals surface area contributed by atoms with E-state index in [1.165, 1.54) is 12.1 Å². The van der Waals surface area contributed by atoms with E-state index in [2.05, 4.69) is 5.32 Å². The molecule has 0 saturated carbocycles. The van der Waals surface area contributed by atoms with Gasteiger partial charge in [-0.25, -0.2) is 0 Å². The predicted octanol–water partition coefficient (Wildman–Crippen LogP) is 3.67. The first-order chi connectivity index (χ1) is 11.4. The Morgan fingerprint density at radius 2 is 2.00 bits per heavy atom. The van der Waals surface area contributed by atoms with Gasteiger partial charge in [0.2, 0.25) is 11.8 Å². The van der Waals surface area contributed by atoms with Crippen LogP contribution in [0.15, 0.2) is 47.1 Å². The Morgan fingerprint density at radius 1 is 1.21 bits per heavy atom. The lowest BCUT2D eigenvalue weighted by Gasteiger charge is -2.07. The Bertz CT molecular complexity index is 947. The van der Waals surface area contributed by atoms with E-state index in [1.54, 1.807) is 12.3 Å². The van der Waals surface area contributed by atoms with Gasteiger partial charge in [-0.05, 0) is 36.8 Å². The molecule has 1 aromatic heterocycles. The highest BCUT2D eigenvalue weighted by molar-refractivity contribution is 6.34.